The van der Waals surface area contributed by atoms with Gasteiger partial charge in [0.1, 0.15) is 0 Å². The van der Waals surface area contributed by atoms with Crippen LogP contribution in [-0.2, 0) is 4.79 Å². The quantitative estimate of drug-likeness (QED) is 0.805. The van der Waals surface area contributed by atoms with Crippen LogP contribution in [0, 0.1) is 6.92 Å². The molecule has 0 aliphatic heterocycles. The predicted molar refractivity (Wildman–Crippen MR) is 55.5 cm³/mol. The first-order valence-electron chi connectivity index (χ1n) is 4.62. The number of hydrogen-bond donors (Lipinski definition) is 1. The Morgan fingerprint density at radius 3 is 2.73 bits per heavy atom. The summed E-state index contributed by atoms with van der Waals surface area (Å²) in [6, 6.07) is 5.50. The summed E-state index contributed by atoms with van der Waals surface area (Å²) < 4.78 is 10.4. The molecule has 0 amide bonds. The minimum absolute atomic E-state index is 0.0168. The van der Waals surface area contributed by atoms with Gasteiger partial charge < -0.3 is 14.6 Å². The molecule has 0 atom stereocenters. The van der Waals surface area contributed by atoms with Gasteiger partial charge in [0.25, 0.3) is 0 Å². The zero-order valence-electron chi connectivity index (χ0n) is 8.82. The number of aryl methyl sites for hydroxylation is 1. The second-order valence-electron chi connectivity index (χ2n) is 3.15. The van der Waals surface area contributed by atoms with Crippen LogP contribution < -0.4 is 9.47 Å². The van der Waals surface area contributed by atoms with Crippen molar-refractivity contribution in [2.24, 2.45) is 0 Å². The topological polar surface area (TPSA) is 55.8 Å². The summed E-state index contributed by atoms with van der Waals surface area (Å²) in [7, 11) is 1.55. The fourth-order valence-corrected chi connectivity index (χ4v) is 1.14. The third kappa shape index (κ3) is 3.50. The molecule has 15 heavy (non-hydrogen) atoms. The average Bonchev–Trinajstić information content (AvgIpc) is 2.19. The number of carbonyl (C=O) groups is 1. The lowest BCUT2D eigenvalue weighted by Crippen LogP contribution is -2.05. The van der Waals surface area contributed by atoms with Crippen LogP contribution in [0.5, 0.6) is 11.5 Å². The second-order valence-corrected chi connectivity index (χ2v) is 3.15. The molecule has 0 saturated carbocycles. The van der Waals surface area contributed by atoms with Gasteiger partial charge in [-0.05, 0) is 24.6 Å². The van der Waals surface area contributed by atoms with Gasteiger partial charge in [0.05, 0.1) is 20.1 Å². The number of aliphatic carboxylic acids is 1. The van der Waals surface area contributed by atoms with Gasteiger partial charge in [-0.1, -0.05) is 6.07 Å². The number of ether oxygens (including phenoxy) is 2. The molecule has 0 aromatic heterocycles. The Labute approximate surface area is 88.4 Å². The van der Waals surface area contributed by atoms with Gasteiger partial charge in [0.15, 0.2) is 11.5 Å². The van der Waals surface area contributed by atoms with Crippen LogP contribution in [0.1, 0.15) is 12.0 Å². The number of carboxylic acids is 1. The maximum atomic E-state index is 10.3. The minimum atomic E-state index is -0.874. The molecule has 1 aromatic carbocycles. The fourth-order valence-electron chi connectivity index (χ4n) is 1.14. The Balaban J connectivity index is 2.63. The van der Waals surface area contributed by atoms with Crippen molar-refractivity contribution in [3.63, 3.8) is 0 Å². The molecule has 82 valence electrons. The third-order valence-corrected chi connectivity index (χ3v) is 1.89. The van der Waals surface area contributed by atoms with E-state index in [1.807, 2.05) is 19.1 Å². The average molecular weight is 210 g/mol. The van der Waals surface area contributed by atoms with Gasteiger partial charge in [-0.15, -0.1) is 0 Å². The summed E-state index contributed by atoms with van der Waals surface area (Å²) in [5, 5.41) is 8.45. The maximum Gasteiger partial charge on any atom is 0.306 e. The van der Waals surface area contributed by atoms with Crippen molar-refractivity contribution in [1.29, 1.82) is 0 Å². The Morgan fingerprint density at radius 1 is 1.40 bits per heavy atom. The van der Waals surface area contributed by atoms with Crippen LogP contribution in [0.15, 0.2) is 18.2 Å². The van der Waals surface area contributed by atoms with Crippen molar-refractivity contribution in [1.82, 2.24) is 0 Å². The molecule has 1 rings (SSSR count). The molecule has 0 fully saturated rings. The third-order valence-electron chi connectivity index (χ3n) is 1.89. The fraction of sp³-hybridized carbons (Fsp3) is 0.364. The van der Waals surface area contributed by atoms with E-state index >= 15 is 0 Å². The molecule has 1 N–H and O–H groups in total. The number of hydrogen-bond acceptors (Lipinski definition) is 3. The summed E-state index contributed by atoms with van der Waals surface area (Å²) in [5.74, 6) is 0.325. The molecule has 0 bridgehead atoms. The van der Waals surface area contributed by atoms with Crippen LogP contribution in [0.3, 0.4) is 0 Å². The summed E-state index contributed by atoms with van der Waals surface area (Å²) >= 11 is 0. The van der Waals surface area contributed by atoms with Crippen molar-refractivity contribution >= 4 is 5.97 Å². The number of benzene rings is 1. The first-order chi connectivity index (χ1) is 7.13. The van der Waals surface area contributed by atoms with E-state index in [1.54, 1.807) is 13.2 Å². The standard InChI is InChI=1S/C11H14O4/c1-8-3-4-9(10(7-8)14-2)15-6-5-11(12)13/h3-4,7H,5-6H2,1-2H3,(H,12,13). The van der Waals surface area contributed by atoms with Crippen LogP contribution in [0.25, 0.3) is 0 Å². The molecule has 0 aliphatic rings. The summed E-state index contributed by atoms with van der Waals surface area (Å²) in [5.41, 5.74) is 1.07. The van der Waals surface area contributed by atoms with Gasteiger partial charge in [0.2, 0.25) is 0 Å². The van der Waals surface area contributed by atoms with Gasteiger partial charge >= 0.3 is 5.97 Å². The molecule has 1 aromatic rings. The summed E-state index contributed by atoms with van der Waals surface area (Å²) in [6.45, 7) is 2.10. The molecule has 4 heteroatoms. The van der Waals surface area contributed by atoms with Gasteiger partial charge in [-0.25, -0.2) is 0 Å². The predicted octanol–water partition coefficient (Wildman–Crippen LogP) is 1.86. The highest BCUT2D eigenvalue weighted by atomic mass is 16.5. The lowest BCUT2D eigenvalue weighted by Gasteiger charge is -2.10. The van der Waals surface area contributed by atoms with Crippen molar-refractivity contribution in [2.45, 2.75) is 13.3 Å². The Morgan fingerprint density at radius 2 is 2.13 bits per heavy atom. The molecule has 0 spiro atoms. The van der Waals surface area contributed by atoms with Gasteiger partial charge in [-0.2, -0.15) is 0 Å². The highest BCUT2D eigenvalue weighted by Gasteiger charge is 2.05. The van der Waals surface area contributed by atoms with Gasteiger partial charge in [0, 0.05) is 0 Å². The number of carboxylic acid groups (broad SMARTS) is 1. The zero-order valence-corrected chi connectivity index (χ0v) is 8.82. The molecule has 0 aliphatic carbocycles. The zero-order chi connectivity index (χ0) is 11.3. The molecule has 0 heterocycles. The van der Waals surface area contributed by atoms with Crippen molar-refractivity contribution in [2.75, 3.05) is 13.7 Å². The van der Waals surface area contributed by atoms with E-state index in [-0.39, 0.29) is 13.0 Å². The molecule has 4 nitrogen and oxygen atoms in total. The van der Waals surface area contributed by atoms with E-state index in [0.29, 0.717) is 11.5 Å². The number of methoxy groups -OCH3 is 1. The lowest BCUT2D eigenvalue weighted by molar-refractivity contribution is -0.137. The highest BCUT2D eigenvalue weighted by molar-refractivity contribution is 5.66. The largest absolute Gasteiger partial charge is 0.493 e. The number of rotatable bonds is 5. The summed E-state index contributed by atoms with van der Waals surface area (Å²) in [6.07, 6.45) is -0.0168. The van der Waals surface area contributed by atoms with Crippen LogP contribution >= 0.6 is 0 Å². The Hall–Kier alpha value is -1.71. The highest BCUT2D eigenvalue weighted by Crippen LogP contribution is 2.27. The van der Waals surface area contributed by atoms with Crippen molar-refractivity contribution < 1.29 is 19.4 Å². The van der Waals surface area contributed by atoms with Crippen LogP contribution in [0.4, 0.5) is 0 Å². The van der Waals surface area contributed by atoms with Crippen molar-refractivity contribution in [3.8, 4) is 11.5 Å². The normalized spacial score (nSPS) is 9.73. The van der Waals surface area contributed by atoms with Crippen LogP contribution in [-0.4, -0.2) is 24.8 Å². The second kappa shape index (κ2) is 5.24. The maximum absolute atomic E-state index is 10.3. The first-order valence-corrected chi connectivity index (χ1v) is 4.62. The molecule has 0 unspecified atom stereocenters. The smallest absolute Gasteiger partial charge is 0.306 e. The van der Waals surface area contributed by atoms with Crippen molar-refractivity contribution in [3.05, 3.63) is 23.8 Å². The molecule has 0 radical (unpaired) electrons. The van der Waals surface area contributed by atoms with E-state index in [4.69, 9.17) is 14.6 Å². The van der Waals surface area contributed by atoms with Crippen LogP contribution in [0.2, 0.25) is 0 Å². The van der Waals surface area contributed by atoms with Gasteiger partial charge in [-0.3, -0.25) is 4.79 Å². The lowest BCUT2D eigenvalue weighted by atomic mass is 10.2. The molecular formula is C11H14O4. The summed E-state index contributed by atoms with van der Waals surface area (Å²) in [4.78, 5) is 10.3. The molecule has 0 saturated heterocycles. The van der Waals surface area contributed by atoms with E-state index in [9.17, 15) is 4.79 Å². The van der Waals surface area contributed by atoms with E-state index in [1.165, 1.54) is 0 Å². The van der Waals surface area contributed by atoms with E-state index in [0.717, 1.165) is 5.56 Å². The monoisotopic (exact) mass is 210 g/mol. The minimum Gasteiger partial charge on any atom is -0.493 e. The Kier molecular flexibility index (Phi) is 3.97. The first kappa shape index (κ1) is 11.4. The Bertz CT molecular complexity index is 346. The molecular weight excluding hydrogens is 196 g/mol. The SMILES string of the molecule is COc1cc(C)ccc1OCCC(=O)O. The van der Waals surface area contributed by atoms with E-state index < -0.39 is 5.97 Å². The van der Waals surface area contributed by atoms with E-state index in [2.05, 4.69) is 0 Å².